The lowest BCUT2D eigenvalue weighted by atomic mass is 9.94. The molecule has 0 saturated carbocycles. The van der Waals surface area contributed by atoms with Crippen LogP contribution in [0.2, 0.25) is 0 Å². The monoisotopic (exact) mass is 458 g/mol. The first kappa shape index (κ1) is 20.8. The van der Waals surface area contributed by atoms with Gasteiger partial charge in [-0.2, -0.15) is 21.6 Å². The molecule has 1 unspecified atom stereocenters. The van der Waals surface area contributed by atoms with Crippen molar-refractivity contribution < 1.29 is 30.9 Å². The van der Waals surface area contributed by atoms with Crippen molar-refractivity contribution in [1.29, 1.82) is 0 Å². The summed E-state index contributed by atoms with van der Waals surface area (Å²) in [6, 6.07) is 2.81. The maximum atomic E-state index is 13.2. The van der Waals surface area contributed by atoms with Gasteiger partial charge in [0, 0.05) is 5.92 Å². The Morgan fingerprint density at radius 3 is 2.26 bits per heavy atom. The SMILES string of the molecule is COc1cc(C)cc(C(CS(=O)(=O)O)C(Cl)(Cl)C(F)(F)F)c1Br. The van der Waals surface area contributed by atoms with Gasteiger partial charge >= 0.3 is 6.18 Å². The Hall–Kier alpha value is -0.220. The molecule has 1 rings (SSSR count). The van der Waals surface area contributed by atoms with Gasteiger partial charge in [0.05, 0.1) is 17.3 Å². The van der Waals surface area contributed by atoms with Gasteiger partial charge in [-0.3, -0.25) is 4.55 Å². The van der Waals surface area contributed by atoms with Crippen LogP contribution < -0.4 is 4.74 Å². The van der Waals surface area contributed by atoms with Gasteiger partial charge < -0.3 is 4.74 Å². The molecule has 4 nitrogen and oxygen atoms in total. The van der Waals surface area contributed by atoms with E-state index in [1.807, 2.05) is 0 Å². The maximum absolute atomic E-state index is 13.2. The predicted molar refractivity (Wildman–Crippen MR) is 85.1 cm³/mol. The van der Waals surface area contributed by atoms with Crippen LogP contribution in [-0.2, 0) is 10.1 Å². The standard InChI is InChI=1S/C12H12BrCl2F3O4S/c1-6-3-7(10(13)9(4-6)22-2)8(5-23(19,20)21)11(14,15)12(16,17)18/h3-4,8H,5H2,1-2H3,(H,19,20,21). The Balaban J connectivity index is 3.64. The van der Waals surface area contributed by atoms with Crippen molar-refractivity contribution >= 4 is 49.2 Å². The van der Waals surface area contributed by atoms with Crippen molar-refractivity contribution in [3.8, 4) is 5.75 Å². The van der Waals surface area contributed by atoms with Crippen LogP contribution in [-0.4, -0.2) is 36.3 Å². The summed E-state index contributed by atoms with van der Waals surface area (Å²) < 4.78 is 72.5. The largest absolute Gasteiger partial charge is 0.496 e. The third-order valence-electron chi connectivity index (χ3n) is 3.00. The first-order valence-corrected chi connectivity index (χ1v) is 9.10. The van der Waals surface area contributed by atoms with E-state index >= 15 is 0 Å². The van der Waals surface area contributed by atoms with Gasteiger partial charge in [-0.15, -0.1) is 0 Å². The molecular weight excluding hydrogens is 448 g/mol. The minimum atomic E-state index is -5.14. The molecule has 0 aliphatic carbocycles. The highest BCUT2D eigenvalue weighted by atomic mass is 79.9. The Morgan fingerprint density at radius 2 is 1.87 bits per heavy atom. The van der Waals surface area contributed by atoms with Crippen molar-refractivity contribution in [3.63, 3.8) is 0 Å². The lowest BCUT2D eigenvalue weighted by Crippen LogP contribution is -2.43. The van der Waals surface area contributed by atoms with Gasteiger partial charge in [-0.1, -0.05) is 29.3 Å². The molecule has 0 heterocycles. The van der Waals surface area contributed by atoms with E-state index in [1.54, 1.807) is 6.92 Å². The normalized spacial score (nSPS) is 14.7. The number of hydrogen-bond donors (Lipinski definition) is 1. The van der Waals surface area contributed by atoms with E-state index in [9.17, 15) is 21.6 Å². The van der Waals surface area contributed by atoms with E-state index in [-0.39, 0.29) is 15.8 Å². The molecule has 0 fully saturated rings. The number of aryl methyl sites for hydroxylation is 1. The van der Waals surface area contributed by atoms with E-state index in [0.29, 0.717) is 5.56 Å². The van der Waals surface area contributed by atoms with E-state index in [2.05, 4.69) is 15.9 Å². The maximum Gasteiger partial charge on any atom is 0.422 e. The molecule has 0 aliphatic rings. The quantitative estimate of drug-likeness (QED) is 0.521. The highest BCUT2D eigenvalue weighted by Crippen LogP contribution is 2.52. The highest BCUT2D eigenvalue weighted by Gasteiger charge is 2.59. The van der Waals surface area contributed by atoms with E-state index in [1.165, 1.54) is 19.2 Å². The molecule has 0 saturated heterocycles. The second-order valence-corrected chi connectivity index (χ2v) is 8.47. The van der Waals surface area contributed by atoms with Crippen molar-refractivity contribution in [2.24, 2.45) is 0 Å². The Morgan fingerprint density at radius 1 is 1.35 bits per heavy atom. The zero-order chi connectivity index (χ0) is 18.2. The Labute approximate surface area is 149 Å². The zero-order valence-corrected chi connectivity index (χ0v) is 15.7. The summed E-state index contributed by atoms with van der Waals surface area (Å²) in [6.45, 7) is 1.57. The minimum Gasteiger partial charge on any atom is -0.496 e. The molecule has 0 bridgehead atoms. The summed E-state index contributed by atoms with van der Waals surface area (Å²) in [5.41, 5.74) is 0.341. The van der Waals surface area contributed by atoms with Crippen LogP contribution in [0.4, 0.5) is 13.2 Å². The third kappa shape index (κ3) is 4.88. The molecule has 1 N–H and O–H groups in total. The summed E-state index contributed by atoms with van der Waals surface area (Å²) in [7, 11) is -3.50. The number of methoxy groups -OCH3 is 1. The number of hydrogen-bond acceptors (Lipinski definition) is 3. The van der Waals surface area contributed by atoms with Crippen LogP contribution in [0.15, 0.2) is 16.6 Å². The van der Waals surface area contributed by atoms with Gasteiger partial charge in [-0.05, 0) is 40.0 Å². The van der Waals surface area contributed by atoms with Crippen molar-refractivity contribution in [3.05, 3.63) is 27.7 Å². The molecule has 1 atom stereocenters. The van der Waals surface area contributed by atoms with E-state index in [4.69, 9.17) is 32.5 Å². The molecule has 132 valence electrons. The van der Waals surface area contributed by atoms with Crippen molar-refractivity contribution in [1.82, 2.24) is 0 Å². The topological polar surface area (TPSA) is 63.6 Å². The number of ether oxygens (including phenoxy) is 1. The predicted octanol–water partition coefficient (Wildman–Crippen LogP) is 4.47. The van der Waals surface area contributed by atoms with E-state index < -0.39 is 32.3 Å². The molecular formula is C12H12BrCl2F3O4S. The lowest BCUT2D eigenvalue weighted by Gasteiger charge is -2.32. The van der Waals surface area contributed by atoms with Crippen molar-refractivity contribution in [2.45, 2.75) is 23.4 Å². The number of halogens is 6. The fourth-order valence-corrected chi connectivity index (χ4v) is 4.05. The number of alkyl halides is 5. The van der Waals surface area contributed by atoms with Gasteiger partial charge in [0.1, 0.15) is 5.75 Å². The van der Waals surface area contributed by atoms with Crippen molar-refractivity contribution in [2.75, 3.05) is 12.9 Å². The van der Waals surface area contributed by atoms with Crippen LogP contribution in [0.25, 0.3) is 0 Å². The molecule has 23 heavy (non-hydrogen) atoms. The second kappa shape index (κ2) is 6.95. The van der Waals surface area contributed by atoms with Crippen LogP contribution in [0.5, 0.6) is 5.75 Å². The fraction of sp³-hybridized carbons (Fsp3) is 0.500. The van der Waals surface area contributed by atoms with E-state index in [0.717, 1.165) is 0 Å². The van der Waals surface area contributed by atoms with Gasteiger partial charge in [0.15, 0.2) is 0 Å². The summed E-state index contributed by atoms with van der Waals surface area (Å²) in [5.74, 6) is -3.12. The number of benzene rings is 1. The molecule has 0 aliphatic heterocycles. The zero-order valence-electron chi connectivity index (χ0n) is 11.8. The molecule has 0 radical (unpaired) electrons. The highest BCUT2D eigenvalue weighted by molar-refractivity contribution is 9.10. The van der Waals surface area contributed by atoms with Crippen LogP contribution in [0, 0.1) is 6.92 Å². The fourth-order valence-electron chi connectivity index (χ4n) is 1.96. The number of rotatable bonds is 5. The first-order valence-electron chi connectivity index (χ1n) is 5.94. The van der Waals surface area contributed by atoms with Crippen LogP contribution in [0.3, 0.4) is 0 Å². The van der Waals surface area contributed by atoms with Gasteiger partial charge in [0.25, 0.3) is 10.1 Å². The second-order valence-electron chi connectivity index (χ2n) is 4.79. The molecule has 0 spiro atoms. The summed E-state index contributed by atoms with van der Waals surface area (Å²) in [5, 5.41) is 0. The minimum absolute atomic E-state index is 0.0641. The average molecular weight is 460 g/mol. The summed E-state index contributed by atoms with van der Waals surface area (Å²) >= 11 is 13.9. The van der Waals surface area contributed by atoms with Crippen LogP contribution in [0.1, 0.15) is 17.0 Å². The Kier molecular flexibility index (Phi) is 6.29. The third-order valence-corrected chi connectivity index (χ3v) is 5.56. The summed E-state index contributed by atoms with van der Waals surface area (Å²) in [6.07, 6.45) is -5.14. The molecule has 11 heteroatoms. The molecule has 0 amide bonds. The smallest absolute Gasteiger partial charge is 0.422 e. The first-order chi connectivity index (χ1) is 10.2. The molecule has 1 aromatic rings. The van der Waals surface area contributed by atoms with Gasteiger partial charge in [-0.25, -0.2) is 0 Å². The molecule has 1 aromatic carbocycles. The Bertz CT molecular complexity index is 692. The average Bonchev–Trinajstić information content (AvgIpc) is 2.36. The summed E-state index contributed by atoms with van der Waals surface area (Å²) in [4.78, 5) is 0. The van der Waals surface area contributed by atoms with Crippen LogP contribution >= 0.6 is 39.1 Å². The van der Waals surface area contributed by atoms with Gasteiger partial charge in [0.2, 0.25) is 4.33 Å². The molecule has 0 aromatic heterocycles. The lowest BCUT2D eigenvalue weighted by molar-refractivity contribution is -0.145.